The highest BCUT2D eigenvalue weighted by Gasteiger charge is 2.23. The Morgan fingerprint density at radius 3 is 2.40 bits per heavy atom. The van der Waals surface area contributed by atoms with Gasteiger partial charge in [-0.1, -0.05) is 12.8 Å². The largest absolute Gasteiger partial charge is 0.389 e. The van der Waals surface area contributed by atoms with Gasteiger partial charge >= 0.3 is 0 Å². The summed E-state index contributed by atoms with van der Waals surface area (Å²) in [5.41, 5.74) is 3.14. The van der Waals surface area contributed by atoms with Gasteiger partial charge in [0, 0.05) is 11.3 Å². The first-order chi connectivity index (χ1) is 7.11. The monoisotopic (exact) mass is 208 g/mol. The Kier molecular flexibility index (Phi) is 2.83. The van der Waals surface area contributed by atoms with Crippen molar-refractivity contribution in [2.24, 2.45) is 0 Å². The van der Waals surface area contributed by atoms with Gasteiger partial charge in [0.15, 0.2) is 0 Å². The number of aliphatic hydroxyl groups is 1. The second-order valence-electron chi connectivity index (χ2n) is 4.64. The van der Waals surface area contributed by atoms with Gasteiger partial charge in [0.05, 0.1) is 17.8 Å². The van der Waals surface area contributed by atoms with Crippen LogP contribution in [0.15, 0.2) is 0 Å². The summed E-state index contributed by atoms with van der Waals surface area (Å²) in [4.78, 5) is 0. The van der Waals surface area contributed by atoms with E-state index in [-0.39, 0.29) is 0 Å². The highest BCUT2D eigenvalue weighted by molar-refractivity contribution is 5.27. The molecule has 1 aromatic rings. The molecule has 1 N–H and O–H groups in total. The lowest BCUT2D eigenvalue weighted by Crippen LogP contribution is -2.09. The summed E-state index contributed by atoms with van der Waals surface area (Å²) < 4.78 is 2.13. The Morgan fingerprint density at radius 1 is 1.33 bits per heavy atom. The highest BCUT2D eigenvalue weighted by Crippen LogP contribution is 2.32. The van der Waals surface area contributed by atoms with Crippen LogP contribution in [0.3, 0.4) is 0 Å². The van der Waals surface area contributed by atoms with Crippen LogP contribution in [0.25, 0.3) is 0 Å². The van der Waals surface area contributed by atoms with Gasteiger partial charge in [0.25, 0.3) is 0 Å². The minimum absolute atomic E-state index is 0.403. The summed E-state index contributed by atoms with van der Waals surface area (Å²) in [6, 6.07) is 0.566. The molecule has 1 unspecified atom stereocenters. The predicted octanol–water partition coefficient (Wildman–Crippen LogP) is 2.67. The third-order valence-corrected chi connectivity index (χ3v) is 3.47. The molecular weight excluding hydrogens is 188 g/mol. The highest BCUT2D eigenvalue weighted by atomic mass is 16.3. The van der Waals surface area contributed by atoms with Crippen LogP contribution >= 0.6 is 0 Å². The number of hydrogen-bond donors (Lipinski definition) is 1. The SMILES string of the molecule is Cc1nn(C2CCCC2)c(C)c1C(C)O. The summed E-state index contributed by atoms with van der Waals surface area (Å²) in [6.07, 6.45) is 4.70. The fraction of sp³-hybridized carbons (Fsp3) is 0.750. The summed E-state index contributed by atoms with van der Waals surface area (Å²) in [5, 5.41) is 14.3. The Hall–Kier alpha value is -0.830. The molecule has 0 aromatic carbocycles. The standard InChI is InChI=1S/C12H20N2O/c1-8-12(10(3)15)9(2)14(13-8)11-6-4-5-7-11/h10-11,15H,4-7H2,1-3H3. The molecule has 2 rings (SSSR count). The van der Waals surface area contributed by atoms with Crippen molar-refractivity contribution in [2.75, 3.05) is 0 Å². The molecule has 15 heavy (non-hydrogen) atoms. The van der Waals surface area contributed by atoms with Crippen LogP contribution in [0.5, 0.6) is 0 Å². The average Bonchev–Trinajstić information content (AvgIpc) is 2.72. The Bertz CT molecular complexity index is 349. The van der Waals surface area contributed by atoms with Gasteiger partial charge in [-0.15, -0.1) is 0 Å². The van der Waals surface area contributed by atoms with E-state index in [1.54, 1.807) is 0 Å². The van der Waals surface area contributed by atoms with Crippen molar-refractivity contribution in [2.45, 2.75) is 58.6 Å². The van der Waals surface area contributed by atoms with E-state index in [4.69, 9.17) is 0 Å². The molecule has 1 saturated carbocycles. The van der Waals surface area contributed by atoms with Gasteiger partial charge in [-0.05, 0) is 33.6 Å². The average molecular weight is 208 g/mol. The van der Waals surface area contributed by atoms with Gasteiger partial charge in [0.2, 0.25) is 0 Å². The maximum Gasteiger partial charge on any atom is 0.0797 e. The molecular formula is C12H20N2O. The number of hydrogen-bond acceptors (Lipinski definition) is 2. The van der Waals surface area contributed by atoms with Gasteiger partial charge in [-0.2, -0.15) is 5.10 Å². The molecule has 1 atom stereocenters. The van der Waals surface area contributed by atoms with E-state index in [0.29, 0.717) is 6.04 Å². The molecule has 1 heterocycles. The summed E-state index contributed by atoms with van der Waals surface area (Å²) in [5.74, 6) is 0. The molecule has 84 valence electrons. The molecule has 0 saturated heterocycles. The fourth-order valence-corrected chi connectivity index (χ4v) is 2.78. The number of aromatic nitrogens is 2. The lowest BCUT2D eigenvalue weighted by atomic mass is 10.1. The van der Waals surface area contributed by atoms with Crippen LogP contribution < -0.4 is 0 Å². The first-order valence-electron chi connectivity index (χ1n) is 5.85. The van der Waals surface area contributed by atoms with E-state index < -0.39 is 6.10 Å². The lowest BCUT2D eigenvalue weighted by Gasteiger charge is -2.13. The molecule has 3 nitrogen and oxygen atoms in total. The smallest absolute Gasteiger partial charge is 0.0797 e. The minimum Gasteiger partial charge on any atom is -0.389 e. The first kappa shape index (κ1) is 10.7. The maximum atomic E-state index is 9.69. The number of aryl methyl sites for hydroxylation is 1. The van der Waals surface area contributed by atoms with E-state index in [1.807, 2.05) is 13.8 Å². The van der Waals surface area contributed by atoms with E-state index in [1.165, 1.54) is 25.7 Å². The fourth-order valence-electron chi connectivity index (χ4n) is 2.78. The van der Waals surface area contributed by atoms with E-state index >= 15 is 0 Å². The van der Waals surface area contributed by atoms with Crippen molar-refractivity contribution in [3.8, 4) is 0 Å². The van der Waals surface area contributed by atoms with Crippen molar-refractivity contribution >= 4 is 0 Å². The third-order valence-electron chi connectivity index (χ3n) is 3.47. The van der Waals surface area contributed by atoms with Crippen molar-refractivity contribution in [1.29, 1.82) is 0 Å². The lowest BCUT2D eigenvalue weighted by molar-refractivity contribution is 0.197. The summed E-state index contributed by atoms with van der Waals surface area (Å²) in [7, 11) is 0. The molecule has 0 bridgehead atoms. The molecule has 0 spiro atoms. The molecule has 0 radical (unpaired) electrons. The maximum absolute atomic E-state index is 9.69. The third kappa shape index (κ3) is 1.81. The Balaban J connectivity index is 2.36. The van der Waals surface area contributed by atoms with Crippen molar-refractivity contribution in [3.05, 3.63) is 17.0 Å². The normalized spacial score (nSPS) is 19.7. The van der Waals surface area contributed by atoms with Crippen LogP contribution in [0.1, 0.15) is 61.7 Å². The number of aliphatic hydroxyl groups excluding tert-OH is 1. The molecule has 1 fully saturated rings. The van der Waals surface area contributed by atoms with Crippen molar-refractivity contribution in [3.63, 3.8) is 0 Å². The Labute approximate surface area is 91.1 Å². The second kappa shape index (κ2) is 3.97. The van der Waals surface area contributed by atoms with Crippen LogP contribution in [-0.4, -0.2) is 14.9 Å². The van der Waals surface area contributed by atoms with E-state index in [0.717, 1.165) is 17.0 Å². The topological polar surface area (TPSA) is 38.0 Å². The van der Waals surface area contributed by atoms with Crippen LogP contribution in [0.2, 0.25) is 0 Å². The molecule has 1 aliphatic carbocycles. The predicted molar refractivity (Wildman–Crippen MR) is 59.8 cm³/mol. The Morgan fingerprint density at radius 2 is 1.93 bits per heavy atom. The van der Waals surface area contributed by atoms with E-state index in [9.17, 15) is 5.11 Å². The van der Waals surface area contributed by atoms with Gasteiger partial charge in [-0.25, -0.2) is 0 Å². The van der Waals surface area contributed by atoms with E-state index in [2.05, 4.69) is 16.7 Å². The van der Waals surface area contributed by atoms with Crippen molar-refractivity contribution in [1.82, 2.24) is 9.78 Å². The number of rotatable bonds is 2. The molecule has 1 aliphatic rings. The van der Waals surface area contributed by atoms with Crippen LogP contribution in [0.4, 0.5) is 0 Å². The second-order valence-corrected chi connectivity index (χ2v) is 4.64. The van der Waals surface area contributed by atoms with Gasteiger partial charge in [-0.3, -0.25) is 4.68 Å². The summed E-state index contributed by atoms with van der Waals surface area (Å²) in [6.45, 7) is 5.87. The number of nitrogens with zero attached hydrogens (tertiary/aromatic N) is 2. The minimum atomic E-state index is -0.403. The zero-order chi connectivity index (χ0) is 11.0. The first-order valence-corrected chi connectivity index (χ1v) is 5.85. The zero-order valence-electron chi connectivity index (χ0n) is 9.82. The molecule has 0 amide bonds. The molecule has 1 aromatic heterocycles. The quantitative estimate of drug-likeness (QED) is 0.811. The molecule has 0 aliphatic heterocycles. The van der Waals surface area contributed by atoms with Gasteiger partial charge < -0.3 is 5.11 Å². The van der Waals surface area contributed by atoms with Crippen molar-refractivity contribution < 1.29 is 5.11 Å². The van der Waals surface area contributed by atoms with Crippen LogP contribution in [0, 0.1) is 13.8 Å². The van der Waals surface area contributed by atoms with Crippen LogP contribution in [-0.2, 0) is 0 Å². The summed E-state index contributed by atoms with van der Waals surface area (Å²) >= 11 is 0. The van der Waals surface area contributed by atoms with Gasteiger partial charge in [0.1, 0.15) is 0 Å². The molecule has 3 heteroatoms. The zero-order valence-corrected chi connectivity index (χ0v) is 9.82.